The molecule has 1 aliphatic carbocycles. The molecule has 2 atom stereocenters. The maximum absolute atomic E-state index is 13.6. The fourth-order valence-electron chi connectivity index (χ4n) is 7.61. The van der Waals surface area contributed by atoms with E-state index in [2.05, 4.69) is 13.8 Å². The van der Waals surface area contributed by atoms with Gasteiger partial charge in [-0.15, -0.1) is 0 Å². The summed E-state index contributed by atoms with van der Waals surface area (Å²) < 4.78 is 0. The predicted molar refractivity (Wildman–Crippen MR) is 209 cm³/mol. The molecule has 1 rings (SSSR count). The molecule has 0 aromatic heterocycles. The number of nitrogens with zero attached hydrogens (tertiary/aromatic N) is 1. The molecule has 282 valence electrons. The monoisotopic (exact) mass is 674 g/mol. The molecule has 0 radical (unpaired) electrons. The van der Waals surface area contributed by atoms with E-state index in [4.69, 9.17) is 0 Å². The number of aliphatic carboxylic acids is 1. The van der Waals surface area contributed by atoms with E-state index in [1.54, 1.807) is 0 Å². The number of carboxylic acid groups (broad SMARTS) is 1. The van der Waals surface area contributed by atoms with E-state index in [0.29, 0.717) is 6.42 Å². The third-order valence-electron chi connectivity index (χ3n) is 10.9. The van der Waals surface area contributed by atoms with Gasteiger partial charge in [0.05, 0.1) is 11.8 Å². The summed E-state index contributed by atoms with van der Waals surface area (Å²) in [6.45, 7) is 6.14. The van der Waals surface area contributed by atoms with Crippen molar-refractivity contribution >= 4 is 11.9 Å². The Kier molecular flexibility index (Phi) is 31.8. The largest absolute Gasteiger partial charge is 0.481 e. The van der Waals surface area contributed by atoms with E-state index in [-0.39, 0.29) is 5.91 Å². The fraction of sp³-hybridized carbons (Fsp3) is 0.909. The van der Waals surface area contributed by atoms with Crippen molar-refractivity contribution in [1.29, 1.82) is 0 Å². The van der Waals surface area contributed by atoms with Gasteiger partial charge in [-0.1, -0.05) is 219 Å². The first-order valence-electron chi connectivity index (χ1n) is 21.8. The van der Waals surface area contributed by atoms with Crippen molar-refractivity contribution in [2.24, 2.45) is 11.8 Å². The van der Waals surface area contributed by atoms with E-state index >= 15 is 0 Å². The Morgan fingerprint density at radius 2 is 0.792 bits per heavy atom. The maximum atomic E-state index is 13.6. The highest BCUT2D eigenvalue weighted by Crippen LogP contribution is 2.27. The van der Waals surface area contributed by atoms with Crippen LogP contribution in [-0.2, 0) is 9.59 Å². The standard InChI is InChI=1S/C44H83NO3/c1-3-5-7-9-11-13-15-17-19-21-23-25-27-29-31-35-39-45(43(46)41-37-33-34-38-42(41)44(47)48)40-36-32-30-28-26-24-22-20-18-16-14-12-10-8-6-4-2/h33,37,41-42H,3-32,34-36,38-40H2,1-2H3,(H,47,48). The number of carbonyl (C=O) groups excluding carboxylic acids is 1. The topological polar surface area (TPSA) is 57.6 Å². The number of hydrogen-bond acceptors (Lipinski definition) is 2. The summed E-state index contributed by atoms with van der Waals surface area (Å²) in [6, 6.07) is 0. The minimum absolute atomic E-state index is 0.0558. The average molecular weight is 674 g/mol. The zero-order chi connectivity index (χ0) is 34.8. The van der Waals surface area contributed by atoms with Crippen LogP contribution in [0.5, 0.6) is 0 Å². The van der Waals surface area contributed by atoms with E-state index in [0.717, 1.165) is 32.4 Å². The lowest BCUT2D eigenvalue weighted by molar-refractivity contribution is -0.149. The first kappa shape index (κ1) is 44.7. The molecule has 0 heterocycles. The van der Waals surface area contributed by atoms with Crippen molar-refractivity contribution in [2.45, 2.75) is 232 Å². The smallest absolute Gasteiger partial charge is 0.307 e. The molecular weight excluding hydrogens is 590 g/mol. The lowest BCUT2D eigenvalue weighted by atomic mass is 9.83. The van der Waals surface area contributed by atoms with Gasteiger partial charge in [0.25, 0.3) is 0 Å². The van der Waals surface area contributed by atoms with Crippen molar-refractivity contribution < 1.29 is 14.7 Å². The molecule has 0 saturated carbocycles. The highest BCUT2D eigenvalue weighted by Gasteiger charge is 2.35. The highest BCUT2D eigenvalue weighted by atomic mass is 16.4. The van der Waals surface area contributed by atoms with Gasteiger partial charge < -0.3 is 10.0 Å². The van der Waals surface area contributed by atoms with Gasteiger partial charge in [0.1, 0.15) is 0 Å². The van der Waals surface area contributed by atoms with E-state index in [1.807, 2.05) is 17.1 Å². The molecular formula is C44H83NO3. The zero-order valence-corrected chi connectivity index (χ0v) is 32.5. The van der Waals surface area contributed by atoms with Gasteiger partial charge in [-0.2, -0.15) is 0 Å². The van der Waals surface area contributed by atoms with E-state index in [1.165, 1.54) is 193 Å². The minimum Gasteiger partial charge on any atom is -0.481 e. The second kappa shape index (κ2) is 34.1. The molecule has 1 aliphatic rings. The summed E-state index contributed by atoms with van der Waals surface area (Å²) in [5.74, 6) is -1.82. The summed E-state index contributed by atoms with van der Waals surface area (Å²) >= 11 is 0. The minimum atomic E-state index is -0.817. The molecule has 0 fully saturated rings. The van der Waals surface area contributed by atoms with Crippen molar-refractivity contribution in [3.05, 3.63) is 12.2 Å². The quantitative estimate of drug-likeness (QED) is 0.0532. The molecule has 0 aromatic carbocycles. The number of hydrogen-bond donors (Lipinski definition) is 1. The second-order valence-corrected chi connectivity index (χ2v) is 15.4. The number of carboxylic acids is 1. The summed E-state index contributed by atoms with van der Waals surface area (Å²) in [4.78, 5) is 27.6. The van der Waals surface area contributed by atoms with Crippen LogP contribution in [0.15, 0.2) is 12.2 Å². The van der Waals surface area contributed by atoms with Gasteiger partial charge in [-0.05, 0) is 25.7 Å². The van der Waals surface area contributed by atoms with Crippen LogP contribution in [0.3, 0.4) is 0 Å². The summed E-state index contributed by atoms with van der Waals surface area (Å²) in [5, 5.41) is 9.78. The first-order valence-corrected chi connectivity index (χ1v) is 21.8. The third-order valence-corrected chi connectivity index (χ3v) is 10.9. The Balaban J connectivity index is 2.19. The summed E-state index contributed by atoms with van der Waals surface area (Å²) in [5.41, 5.74) is 0. The Morgan fingerprint density at radius 1 is 0.500 bits per heavy atom. The summed E-state index contributed by atoms with van der Waals surface area (Å²) in [6.07, 6.45) is 48.3. The molecule has 0 saturated heterocycles. The second-order valence-electron chi connectivity index (χ2n) is 15.4. The molecule has 0 spiro atoms. The molecule has 0 aromatic rings. The van der Waals surface area contributed by atoms with Crippen LogP contribution in [0.1, 0.15) is 232 Å². The van der Waals surface area contributed by atoms with Gasteiger partial charge in [0, 0.05) is 13.1 Å². The van der Waals surface area contributed by atoms with Crippen molar-refractivity contribution in [3.63, 3.8) is 0 Å². The van der Waals surface area contributed by atoms with Gasteiger partial charge in [-0.25, -0.2) is 0 Å². The molecule has 48 heavy (non-hydrogen) atoms. The number of allylic oxidation sites excluding steroid dienone is 1. The van der Waals surface area contributed by atoms with Crippen LogP contribution in [0.25, 0.3) is 0 Å². The molecule has 0 aliphatic heterocycles. The number of carbonyl (C=O) groups is 2. The van der Waals surface area contributed by atoms with Crippen molar-refractivity contribution in [3.8, 4) is 0 Å². The van der Waals surface area contributed by atoms with E-state index in [9.17, 15) is 14.7 Å². The summed E-state index contributed by atoms with van der Waals surface area (Å²) in [7, 11) is 0. The van der Waals surface area contributed by atoms with Crippen LogP contribution >= 0.6 is 0 Å². The van der Waals surface area contributed by atoms with Crippen LogP contribution in [0, 0.1) is 11.8 Å². The van der Waals surface area contributed by atoms with Crippen LogP contribution in [0.4, 0.5) is 0 Å². The van der Waals surface area contributed by atoms with Crippen LogP contribution in [-0.4, -0.2) is 35.0 Å². The van der Waals surface area contributed by atoms with Crippen molar-refractivity contribution in [1.82, 2.24) is 4.90 Å². The van der Waals surface area contributed by atoms with Crippen LogP contribution < -0.4 is 0 Å². The maximum Gasteiger partial charge on any atom is 0.307 e. The van der Waals surface area contributed by atoms with Gasteiger partial charge in [0.2, 0.25) is 5.91 Å². The number of amides is 1. The number of unbranched alkanes of at least 4 members (excludes halogenated alkanes) is 30. The zero-order valence-electron chi connectivity index (χ0n) is 32.5. The predicted octanol–water partition coefficient (Wildman–Crippen LogP) is 14.0. The molecule has 1 N–H and O–H groups in total. The lowest BCUT2D eigenvalue weighted by Crippen LogP contribution is -2.42. The van der Waals surface area contributed by atoms with Gasteiger partial charge in [-0.3, -0.25) is 9.59 Å². The third kappa shape index (κ3) is 25.6. The Labute approximate surface area is 300 Å². The molecule has 1 amide bonds. The Morgan fingerprint density at radius 3 is 1.08 bits per heavy atom. The molecule has 0 bridgehead atoms. The molecule has 4 nitrogen and oxygen atoms in total. The van der Waals surface area contributed by atoms with Crippen LogP contribution in [0.2, 0.25) is 0 Å². The number of rotatable bonds is 36. The first-order chi connectivity index (χ1) is 23.6. The molecule has 4 heteroatoms. The van der Waals surface area contributed by atoms with Gasteiger partial charge >= 0.3 is 5.97 Å². The van der Waals surface area contributed by atoms with Crippen molar-refractivity contribution in [2.75, 3.05) is 13.1 Å². The average Bonchev–Trinajstić information content (AvgIpc) is 3.10. The van der Waals surface area contributed by atoms with E-state index < -0.39 is 17.8 Å². The van der Waals surface area contributed by atoms with Gasteiger partial charge in [0.15, 0.2) is 0 Å². The Bertz CT molecular complexity index is 713. The molecule has 2 unspecified atom stereocenters. The highest BCUT2D eigenvalue weighted by molar-refractivity contribution is 5.86. The normalized spacial score (nSPS) is 16.0. The lowest BCUT2D eigenvalue weighted by Gasteiger charge is -2.30. The SMILES string of the molecule is CCCCCCCCCCCCCCCCCCN(CCCCCCCCCCCCCCCCCC)C(=O)C1C=CCCC1C(=O)O. The fourth-order valence-corrected chi connectivity index (χ4v) is 7.61. The Hall–Kier alpha value is -1.32.